The molecule has 0 spiro atoms. The zero-order valence-electron chi connectivity index (χ0n) is 9.08. The van der Waals surface area contributed by atoms with Crippen molar-refractivity contribution < 1.29 is 13.9 Å². The zero-order chi connectivity index (χ0) is 11.5. The maximum absolute atomic E-state index is 11.8. The predicted octanol–water partition coefficient (Wildman–Crippen LogP) is 2.25. The predicted molar refractivity (Wildman–Crippen MR) is 54.5 cm³/mol. The number of rotatable bonds is 2. The number of alkyl halides is 1. The van der Waals surface area contributed by atoms with Crippen LogP contribution < -0.4 is 4.74 Å². The molecule has 15 heavy (non-hydrogen) atoms. The first-order chi connectivity index (χ1) is 6.93. The number of carbonyl (C=O) groups excluding carboxylic acids is 1. The zero-order valence-corrected chi connectivity index (χ0v) is 9.08. The Hall–Kier alpha value is -1.45. The van der Waals surface area contributed by atoms with E-state index in [4.69, 9.17) is 0 Å². The topological polar surface area (TPSA) is 39.2 Å². The van der Waals surface area contributed by atoms with Crippen molar-refractivity contribution in [2.24, 2.45) is 0 Å². The summed E-state index contributed by atoms with van der Waals surface area (Å²) in [5.41, 5.74) is 1.03. The van der Waals surface area contributed by atoms with Crippen molar-refractivity contribution in [2.45, 2.75) is 26.2 Å². The molecule has 1 rings (SSSR count). The van der Waals surface area contributed by atoms with Gasteiger partial charge in [0.2, 0.25) is 5.88 Å². The second kappa shape index (κ2) is 4.38. The summed E-state index contributed by atoms with van der Waals surface area (Å²) in [7, 11) is 0. The third-order valence-corrected chi connectivity index (χ3v) is 1.93. The highest BCUT2D eigenvalue weighted by Crippen LogP contribution is 2.22. The van der Waals surface area contributed by atoms with Crippen LogP contribution in [-0.4, -0.2) is 17.6 Å². The normalized spacial score (nSPS) is 11.2. The first kappa shape index (κ1) is 11.6. The Bertz CT molecular complexity index is 341. The van der Waals surface area contributed by atoms with Gasteiger partial charge < -0.3 is 4.74 Å². The van der Waals surface area contributed by atoms with Gasteiger partial charge in [0.05, 0.1) is 0 Å². The molecule has 1 heterocycles. The highest BCUT2D eigenvalue weighted by Gasteiger charge is 2.14. The minimum absolute atomic E-state index is 0.00434. The van der Waals surface area contributed by atoms with Crippen LogP contribution >= 0.6 is 0 Å². The molecule has 0 saturated heterocycles. The minimum atomic E-state index is -1.14. The molecule has 0 amide bonds. The van der Waals surface area contributed by atoms with Crippen LogP contribution in [0.3, 0.4) is 0 Å². The van der Waals surface area contributed by atoms with Gasteiger partial charge in [0, 0.05) is 12.3 Å². The Kier molecular flexibility index (Phi) is 3.39. The maximum Gasteiger partial charge on any atom is 0.344 e. The number of nitrogens with zero attached hydrogens (tertiary/aromatic N) is 1. The van der Waals surface area contributed by atoms with Crippen LogP contribution in [0.4, 0.5) is 4.39 Å². The standard InChI is InChI=1S/C11H14FNO2/c1-11(2,3)8-4-5-9(13-7-8)15-10(14)6-12/h4-5,7H,6H2,1-3H3. The molecule has 0 fully saturated rings. The van der Waals surface area contributed by atoms with Crippen molar-refractivity contribution in [1.29, 1.82) is 0 Å². The van der Waals surface area contributed by atoms with Crippen molar-refractivity contribution in [3.63, 3.8) is 0 Å². The van der Waals surface area contributed by atoms with Gasteiger partial charge in [-0.15, -0.1) is 0 Å². The van der Waals surface area contributed by atoms with E-state index < -0.39 is 12.6 Å². The number of ether oxygens (including phenoxy) is 1. The monoisotopic (exact) mass is 211 g/mol. The molecule has 4 heteroatoms. The molecule has 1 aromatic rings. The van der Waals surface area contributed by atoms with Crippen LogP contribution in [0.2, 0.25) is 0 Å². The Morgan fingerprint density at radius 2 is 2.13 bits per heavy atom. The van der Waals surface area contributed by atoms with Gasteiger partial charge >= 0.3 is 5.97 Å². The molecule has 0 atom stereocenters. The lowest BCUT2D eigenvalue weighted by Crippen LogP contribution is -2.13. The van der Waals surface area contributed by atoms with Crippen molar-refractivity contribution in [2.75, 3.05) is 6.67 Å². The molecule has 0 aliphatic rings. The average molecular weight is 211 g/mol. The third kappa shape index (κ3) is 3.31. The van der Waals surface area contributed by atoms with Crippen LogP contribution in [0.25, 0.3) is 0 Å². The maximum atomic E-state index is 11.8. The fraction of sp³-hybridized carbons (Fsp3) is 0.455. The van der Waals surface area contributed by atoms with Gasteiger partial charge in [0.1, 0.15) is 0 Å². The van der Waals surface area contributed by atoms with E-state index in [9.17, 15) is 9.18 Å². The van der Waals surface area contributed by atoms with Crippen molar-refractivity contribution >= 4 is 5.97 Å². The van der Waals surface area contributed by atoms with E-state index in [1.54, 1.807) is 12.3 Å². The van der Waals surface area contributed by atoms with Crippen LogP contribution in [-0.2, 0) is 10.2 Å². The van der Waals surface area contributed by atoms with Gasteiger partial charge in [0.15, 0.2) is 6.67 Å². The quantitative estimate of drug-likeness (QED) is 0.704. The van der Waals surface area contributed by atoms with Crippen LogP contribution in [0.1, 0.15) is 26.3 Å². The van der Waals surface area contributed by atoms with Gasteiger partial charge in [-0.1, -0.05) is 26.8 Å². The SMILES string of the molecule is CC(C)(C)c1ccc(OC(=O)CF)nc1. The number of esters is 1. The van der Waals surface area contributed by atoms with E-state index in [-0.39, 0.29) is 11.3 Å². The minimum Gasteiger partial charge on any atom is -0.406 e. The molecule has 0 N–H and O–H groups in total. The number of hydrogen-bond acceptors (Lipinski definition) is 3. The summed E-state index contributed by atoms with van der Waals surface area (Å²) in [5, 5.41) is 0. The summed E-state index contributed by atoms with van der Waals surface area (Å²) < 4.78 is 16.4. The molecule has 3 nitrogen and oxygen atoms in total. The highest BCUT2D eigenvalue weighted by molar-refractivity contribution is 5.72. The third-order valence-electron chi connectivity index (χ3n) is 1.93. The average Bonchev–Trinajstić information content (AvgIpc) is 2.17. The van der Waals surface area contributed by atoms with Gasteiger partial charge in [-0.2, -0.15) is 0 Å². The Balaban J connectivity index is 2.77. The van der Waals surface area contributed by atoms with Crippen LogP contribution in [0, 0.1) is 0 Å². The van der Waals surface area contributed by atoms with Crippen molar-refractivity contribution in [1.82, 2.24) is 4.98 Å². The summed E-state index contributed by atoms with van der Waals surface area (Å²) in [5.74, 6) is -0.795. The molecular weight excluding hydrogens is 197 g/mol. The van der Waals surface area contributed by atoms with E-state index in [1.807, 2.05) is 6.07 Å². The molecule has 0 unspecified atom stereocenters. The molecule has 0 aliphatic heterocycles. The molecule has 0 saturated carbocycles. The van der Waals surface area contributed by atoms with Crippen molar-refractivity contribution in [3.8, 4) is 5.88 Å². The smallest absolute Gasteiger partial charge is 0.344 e. The van der Waals surface area contributed by atoms with Gasteiger partial charge in [-0.3, -0.25) is 0 Å². The number of pyridine rings is 1. The lowest BCUT2D eigenvalue weighted by molar-refractivity contribution is -0.135. The van der Waals surface area contributed by atoms with Crippen LogP contribution in [0.5, 0.6) is 5.88 Å². The molecule has 0 aromatic carbocycles. The molecule has 82 valence electrons. The van der Waals surface area contributed by atoms with E-state index in [0.29, 0.717) is 0 Å². The van der Waals surface area contributed by atoms with E-state index >= 15 is 0 Å². The summed E-state index contributed by atoms with van der Waals surface area (Å²) >= 11 is 0. The molecule has 0 radical (unpaired) electrons. The lowest BCUT2D eigenvalue weighted by Gasteiger charge is -2.18. The first-order valence-electron chi connectivity index (χ1n) is 4.66. The fourth-order valence-corrected chi connectivity index (χ4v) is 1.03. The second-order valence-electron chi connectivity index (χ2n) is 4.24. The van der Waals surface area contributed by atoms with E-state index in [0.717, 1.165) is 5.56 Å². The largest absolute Gasteiger partial charge is 0.406 e. The molecule has 0 aliphatic carbocycles. The van der Waals surface area contributed by atoms with Gasteiger partial charge in [0.25, 0.3) is 0 Å². The Labute approximate surface area is 88.3 Å². The summed E-state index contributed by atoms with van der Waals surface area (Å²) in [6.45, 7) is 5.02. The molecule has 0 bridgehead atoms. The number of halogens is 1. The summed E-state index contributed by atoms with van der Waals surface area (Å²) in [6, 6.07) is 3.38. The number of carbonyl (C=O) groups is 1. The molecular formula is C11H14FNO2. The van der Waals surface area contributed by atoms with E-state index in [1.165, 1.54) is 0 Å². The van der Waals surface area contributed by atoms with Crippen LogP contribution in [0.15, 0.2) is 18.3 Å². The van der Waals surface area contributed by atoms with Gasteiger partial charge in [-0.25, -0.2) is 14.2 Å². The van der Waals surface area contributed by atoms with Gasteiger partial charge in [-0.05, 0) is 11.0 Å². The number of aromatic nitrogens is 1. The summed E-state index contributed by atoms with van der Waals surface area (Å²) in [6.07, 6.45) is 1.63. The second-order valence-corrected chi connectivity index (χ2v) is 4.24. The fourth-order valence-electron chi connectivity index (χ4n) is 1.03. The Morgan fingerprint density at radius 1 is 1.47 bits per heavy atom. The number of hydrogen-bond donors (Lipinski definition) is 0. The Morgan fingerprint density at radius 3 is 2.53 bits per heavy atom. The van der Waals surface area contributed by atoms with Crippen molar-refractivity contribution in [3.05, 3.63) is 23.9 Å². The van der Waals surface area contributed by atoms with E-state index in [2.05, 4.69) is 30.5 Å². The lowest BCUT2D eigenvalue weighted by atomic mass is 9.88. The highest BCUT2D eigenvalue weighted by atomic mass is 19.1. The first-order valence-corrected chi connectivity index (χ1v) is 4.66. The molecule has 1 aromatic heterocycles. The summed E-state index contributed by atoms with van der Waals surface area (Å²) in [4.78, 5) is 14.5.